The van der Waals surface area contributed by atoms with E-state index in [1.807, 2.05) is 31.2 Å². The van der Waals surface area contributed by atoms with Gasteiger partial charge in [0.25, 0.3) is 0 Å². The predicted octanol–water partition coefficient (Wildman–Crippen LogP) is 5.63. The first-order valence-electron chi connectivity index (χ1n) is 11.5. The van der Waals surface area contributed by atoms with Crippen molar-refractivity contribution < 1.29 is 23.5 Å². The first-order chi connectivity index (χ1) is 16.4. The number of benzene rings is 2. The minimum atomic E-state index is -0.807. The minimum absolute atomic E-state index is 0.0390. The summed E-state index contributed by atoms with van der Waals surface area (Å²) in [5, 5.41) is 0.634. The Morgan fingerprint density at radius 1 is 1.12 bits per heavy atom. The quantitative estimate of drug-likeness (QED) is 0.378. The van der Waals surface area contributed by atoms with Crippen molar-refractivity contribution in [3.05, 3.63) is 81.8 Å². The Bertz CT molecular complexity index is 1140. The Balaban J connectivity index is 1.71. The number of allylic oxidation sites excluding steroid dienone is 2. The summed E-state index contributed by atoms with van der Waals surface area (Å²) in [6.07, 6.45) is 0.838. The monoisotopic (exact) mass is 483 g/mol. The molecule has 1 heterocycles. The van der Waals surface area contributed by atoms with E-state index in [1.165, 1.54) is 12.1 Å². The molecule has 1 unspecified atom stereocenters. The first kappa shape index (κ1) is 24.3. The topological polar surface area (TPSA) is 65.0 Å². The Morgan fingerprint density at radius 2 is 1.88 bits per heavy atom. The maximum absolute atomic E-state index is 14.2. The van der Waals surface area contributed by atoms with Crippen LogP contribution in [-0.2, 0) is 19.1 Å². The van der Waals surface area contributed by atoms with Crippen LogP contribution in [0.5, 0.6) is 0 Å². The average molecular weight is 484 g/mol. The number of aliphatic imine (C=N–C) groups is 1. The number of carbonyl (C=O) groups is 2. The second-order valence-electron chi connectivity index (χ2n) is 8.57. The Hall–Kier alpha value is -2.83. The van der Waals surface area contributed by atoms with Crippen LogP contribution in [-0.4, -0.2) is 37.3 Å². The molecule has 0 saturated heterocycles. The number of nitrogens with zero attached hydrogens (tertiary/aromatic N) is 1. The van der Waals surface area contributed by atoms with Crippen molar-refractivity contribution in [3.63, 3.8) is 0 Å². The van der Waals surface area contributed by atoms with Gasteiger partial charge in [-0.05, 0) is 61.6 Å². The highest BCUT2D eigenvalue weighted by molar-refractivity contribution is 6.30. The molecule has 0 fully saturated rings. The second-order valence-corrected chi connectivity index (χ2v) is 9.00. The number of esters is 1. The van der Waals surface area contributed by atoms with Crippen LogP contribution in [0.15, 0.2) is 64.8 Å². The van der Waals surface area contributed by atoms with Gasteiger partial charge in [-0.25, -0.2) is 4.39 Å². The third-order valence-electron chi connectivity index (χ3n) is 6.37. The van der Waals surface area contributed by atoms with E-state index < -0.39 is 23.6 Å². The van der Waals surface area contributed by atoms with Crippen LogP contribution >= 0.6 is 11.6 Å². The molecule has 0 spiro atoms. The van der Waals surface area contributed by atoms with E-state index in [1.54, 1.807) is 19.1 Å². The molecule has 0 radical (unpaired) electrons. The second kappa shape index (κ2) is 10.6. The van der Waals surface area contributed by atoms with Crippen molar-refractivity contribution in [2.75, 3.05) is 19.8 Å². The highest BCUT2D eigenvalue weighted by Gasteiger charge is 2.44. The number of Topliss-reactive ketones (excluding diaryl/α,β-unsaturated/α-hetero) is 1. The highest BCUT2D eigenvalue weighted by Crippen LogP contribution is 2.47. The summed E-state index contributed by atoms with van der Waals surface area (Å²) in [6.45, 7) is 4.53. The molecule has 0 amide bonds. The molecule has 2 aromatic carbocycles. The van der Waals surface area contributed by atoms with E-state index in [9.17, 15) is 14.0 Å². The van der Waals surface area contributed by atoms with Crippen LogP contribution in [0.25, 0.3) is 0 Å². The minimum Gasteiger partial charge on any atom is -0.463 e. The fourth-order valence-electron chi connectivity index (χ4n) is 4.83. The van der Waals surface area contributed by atoms with Gasteiger partial charge < -0.3 is 9.47 Å². The summed E-state index contributed by atoms with van der Waals surface area (Å²) in [4.78, 5) is 31.4. The number of carbonyl (C=O) groups excluding carboxylic acids is 2. The largest absolute Gasteiger partial charge is 0.463 e. The van der Waals surface area contributed by atoms with Crippen LogP contribution in [0.1, 0.15) is 49.7 Å². The summed E-state index contributed by atoms with van der Waals surface area (Å²) >= 11 is 6.03. The van der Waals surface area contributed by atoms with Crippen molar-refractivity contribution >= 4 is 29.1 Å². The molecule has 0 saturated carbocycles. The van der Waals surface area contributed by atoms with Gasteiger partial charge >= 0.3 is 5.97 Å². The average Bonchev–Trinajstić information content (AvgIpc) is 2.81. The number of hydrogen-bond acceptors (Lipinski definition) is 5. The standard InChI is InChI=1S/C27H27ClFNO4/c1-3-33-11-12-34-27(32)24-16(2)30-22-14-19(17-7-9-20(28)10-8-17)15-23(31)26(22)25(24)18-5-4-6-21(29)13-18/h4-10,13,19,24-25H,3,11-12,14-15H2,1-2H3/t19-,24?,25-/m0/s1. The Labute approximate surface area is 203 Å². The lowest BCUT2D eigenvalue weighted by Crippen LogP contribution is -2.38. The SMILES string of the molecule is CCOCCOC(=O)C1C(C)=NC2=C(C(=O)C[C@@H](c3ccc(Cl)cc3)C2)[C@H]1c1cccc(F)c1. The van der Waals surface area contributed by atoms with Crippen molar-refractivity contribution in [2.24, 2.45) is 10.9 Å². The number of hydrogen-bond donors (Lipinski definition) is 0. The third-order valence-corrected chi connectivity index (χ3v) is 6.62. The number of ketones is 1. The molecular formula is C27H27ClFNO4. The molecule has 2 aliphatic rings. The van der Waals surface area contributed by atoms with E-state index >= 15 is 0 Å². The lowest BCUT2D eigenvalue weighted by molar-refractivity contribution is -0.148. The fourth-order valence-corrected chi connectivity index (χ4v) is 4.96. The molecule has 1 aliphatic heterocycles. The summed E-state index contributed by atoms with van der Waals surface area (Å²) in [6, 6.07) is 13.5. The van der Waals surface area contributed by atoms with Crippen molar-refractivity contribution in [1.29, 1.82) is 0 Å². The molecule has 4 rings (SSSR count). The van der Waals surface area contributed by atoms with Gasteiger partial charge in [-0.1, -0.05) is 35.9 Å². The van der Waals surface area contributed by atoms with Gasteiger partial charge in [-0.15, -0.1) is 0 Å². The zero-order valence-corrected chi connectivity index (χ0v) is 20.0. The molecule has 1 aliphatic carbocycles. The van der Waals surface area contributed by atoms with Gasteiger partial charge in [0.15, 0.2) is 5.78 Å². The zero-order chi connectivity index (χ0) is 24.2. The van der Waals surface area contributed by atoms with E-state index in [4.69, 9.17) is 26.1 Å². The number of rotatable bonds is 7. The normalized spacial score (nSPS) is 22.3. The summed E-state index contributed by atoms with van der Waals surface area (Å²) in [7, 11) is 0. The van der Waals surface area contributed by atoms with Gasteiger partial charge in [0.05, 0.1) is 6.61 Å². The predicted molar refractivity (Wildman–Crippen MR) is 129 cm³/mol. The van der Waals surface area contributed by atoms with E-state index in [-0.39, 0.29) is 31.3 Å². The smallest absolute Gasteiger partial charge is 0.315 e. The van der Waals surface area contributed by atoms with Gasteiger partial charge in [-0.3, -0.25) is 14.6 Å². The van der Waals surface area contributed by atoms with Crippen LogP contribution in [0.3, 0.4) is 0 Å². The van der Waals surface area contributed by atoms with Gasteiger partial charge in [0.1, 0.15) is 18.3 Å². The highest BCUT2D eigenvalue weighted by atomic mass is 35.5. The van der Waals surface area contributed by atoms with Crippen molar-refractivity contribution in [1.82, 2.24) is 0 Å². The summed E-state index contributed by atoms with van der Waals surface area (Å²) in [5.74, 6) is -2.50. The molecule has 2 aromatic rings. The molecule has 0 aromatic heterocycles. The maximum Gasteiger partial charge on any atom is 0.315 e. The molecule has 34 heavy (non-hydrogen) atoms. The van der Waals surface area contributed by atoms with Crippen LogP contribution in [0, 0.1) is 11.7 Å². The van der Waals surface area contributed by atoms with Crippen molar-refractivity contribution in [3.8, 4) is 0 Å². The molecular weight excluding hydrogens is 457 g/mol. The molecule has 0 N–H and O–H groups in total. The Morgan fingerprint density at radius 3 is 2.59 bits per heavy atom. The van der Waals surface area contributed by atoms with Crippen molar-refractivity contribution in [2.45, 2.75) is 38.5 Å². The van der Waals surface area contributed by atoms with Crippen LogP contribution < -0.4 is 0 Å². The molecule has 3 atom stereocenters. The third kappa shape index (κ3) is 5.13. The van der Waals surface area contributed by atoms with Crippen LogP contribution in [0.4, 0.5) is 4.39 Å². The first-order valence-corrected chi connectivity index (χ1v) is 11.8. The number of halogens is 2. The zero-order valence-electron chi connectivity index (χ0n) is 19.2. The molecule has 178 valence electrons. The number of ether oxygens (including phenoxy) is 2. The summed E-state index contributed by atoms with van der Waals surface area (Å²) < 4.78 is 24.9. The van der Waals surface area contributed by atoms with Gasteiger partial charge in [0, 0.05) is 41.0 Å². The fraction of sp³-hybridized carbons (Fsp3) is 0.370. The molecule has 0 bridgehead atoms. The Kier molecular flexibility index (Phi) is 7.59. The maximum atomic E-state index is 14.2. The molecule has 5 nitrogen and oxygen atoms in total. The lowest BCUT2D eigenvalue weighted by Gasteiger charge is -2.36. The summed E-state index contributed by atoms with van der Waals surface area (Å²) in [5.41, 5.74) is 3.26. The lowest BCUT2D eigenvalue weighted by atomic mass is 9.69. The van der Waals surface area contributed by atoms with E-state index in [0.717, 1.165) is 5.56 Å². The van der Waals surface area contributed by atoms with Gasteiger partial charge in [0.2, 0.25) is 0 Å². The van der Waals surface area contributed by atoms with E-state index in [2.05, 4.69) is 0 Å². The van der Waals surface area contributed by atoms with Gasteiger partial charge in [-0.2, -0.15) is 0 Å². The van der Waals surface area contributed by atoms with Crippen LogP contribution in [0.2, 0.25) is 5.02 Å². The molecule has 7 heteroatoms. The van der Waals surface area contributed by atoms with E-state index in [0.29, 0.717) is 40.6 Å².